The number of hydrogen-bond acceptors (Lipinski definition) is 3. The summed E-state index contributed by atoms with van der Waals surface area (Å²) in [6, 6.07) is 0. The second kappa shape index (κ2) is 2.70. The molecule has 1 fully saturated rings. The van der Waals surface area contributed by atoms with Gasteiger partial charge >= 0.3 is 0 Å². The fourth-order valence-corrected chi connectivity index (χ4v) is 3.12. The number of fused-ring (bicyclic) bond motifs is 1. The first-order chi connectivity index (χ1) is 5.29. The van der Waals surface area contributed by atoms with E-state index < -0.39 is 0 Å². The Balaban J connectivity index is 2.14. The molecule has 0 aromatic heterocycles. The van der Waals surface area contributed by atoms with Crippen LogP contribution in [0.15, 0.2) is 5.16 Å². The maximum Gasteiger partial charge on any atom is 0.126 e. The Morgan fingerprint density at radius 1 is 1.64 bits per heavy atom. The molecule has 0 bridgehead atoms. The van der Waals surface area contributed by atoms with Crippen molar-refractivity contribution < 1.29 is 4.84 Å². The molecular weight excluding hydrogens is 158 g/mol. The van der Waals surface area contributed by atoms with Crippen LogP contribution in [-0.4, -0.2) is 23.3 Å². The number of hydrogen-bond donors (Lipinski definition) is 0. The lowest BCUT2D eigenvalue weighted by Crippen LogP contribution is -2.21. The van der Waals surface area contributed by atoms with Gasteiger partial charge in [-0.1, -0.05) is 19.0 Å². The minimum Gasteiger partial charge on any atom is -0.395 e. The van der Waals surface area contributed by atoms with Crippen LogP contribution in [0.2, 0.25) is 0 Å². The topological polar surface area (TPSA) is 21.6 Å². The van der Waals surface area contributed by atoms with Crippen LogP contribution in [0.1, 0.15) is 13.8 Å². The smallest absolute Gasteiger partial charge is 0.126 e. The highest BCUT2D eigenvalue weighted by atomic mass is 32.2. The normalized spacial score (nSPS) is 35.4. The zero-order valence-electron chi connectivity index (χ0n) is 6.91. The second-order valence-electron chi connectivity index (χ2n) is 3.51. The number of thioether (sulfide) groups is 1. The standard InChI is InChI=1S/C8H13NOS/c1-5(2)8-7-6(4-11-8)3-10-9-7/h5-6,8H,3-4H2,1-2H3/t6-,8+/m0/s1. The Bertz CT molecular complexity index is 191. The van der Waals surface area contributed by atoms with E-state index in [-0.39, 0.29) is 0 Å². The van der Waals surface area contributed by atoms with E-state index in [1.807, 2.05) is 11.8 Å². The van der Waals surface area contributed by atoms with Gasteiger partial charge in [0.25, 0.3) is 0 Å². The average molecular weight is 171 g/mol. The predicted molar refractivity (Wildman–Crippen MR) is 48.0 cm³/mol. The van der Waals surface area contributed by atoms with Crippen LogP contribution >= 0.6 is 11.8 Å². The fraction of sp³-hybridized carbons (Fsp3) is 0.875. The highest BCUT2D eigenvalue weighted by Crippen LogP contribution is 2.36. The SMILES string of the molecule is CC(C)[C@H]1SC[C@@H]2CON=C21. The van der Waals surface area contributed by atoms with Crippen molar-refractivity contribution in [1.82, 2.24) is 0 Å². The lowest BCUT2D eigenvalue weighted by molar-refractivity contribution is 0.158. The molecule has 2 aliphatic heterocycles. The fourth-order valence-electron chi connectivity index (χ4n) is 1.62. The van der Waals surface area contributed by atoms with Gasteiger partial charge in [-0.2, -0.15) is 11.8 Å². The highest BCUT2D eigenvalue weighted by molar-refractivity contribution is 8.01. The van der Waals surface area contributed by atoms with Crippen LogP contribution in [0.25, 0.3) is 0 Å². The molecule has 0 aromatic rings. The van der Waals surface area contributed by atoms with Gasteiger partial charge in [-0.3, -0.25) is 0 Å². The molecule has 1 saturated heterocycles. The first-order valence-electron chi connectivity index (χ1n) is 4.10. The van der Waals surface area contributed by atoms with Crippen molar-refractivity contribution in [3.8, 4) is 0 Å². The van der Waals surface area contributed by atoms with Gasteiger partial charge in [0.2, 0.25) is 0 Å². The van der Waals surface area contributed by atoms with Crippen molar-refractivity contribution in [2.75, 3.05) is 12.4 Å². The first-order valence-corrected chi connectivity index (χ1v) is 5.15. The zero-order chi connectivity index (χ0) is 7.84. The summed E-state index contributed by atoms with van der Waals surface area (Å²) in [6.07, 6.45) is 0. The molecule has 0 spiro atoms. The summed E-state index contributed by atoms with van der Waals surface area (Å²) in [4.78, 5) is 5.07. The Morgan fingerprint density at radius 3 is 3.18 bits per heavy atom. The lowest BCUT2D eigenvalue weighted by atomic mass is 9.98. The minimum atomic E-state index is 0.627. The first kappa shape index (κ1) is 7.47. The van der Waals surface area contributed by atoms with Crippen molar-refractivity contribution in [3.05, 3.63) is 0 Å². The third kappa shape index (κ3) is 1.15. The molecule has 0 N–H and O–H groups in total. The quantitative estimate of drug-likeness (QED) is 0.599. The molecule has 0 aromatic carbocycles. The van der Waals surface area contributed by atoms with E-state index in [0.717, 1.165) is 6.61 Å². The van der Waals surface area contributed by atoms with Crippen molar-refractivity contribution in [3.63, 3.8) is 0 Å². The minimum absolute atomic E-state index is 0.627. The molecule has 0 saturated carbocycles. The van der Waals surface area contributed by atoms with Gasteiger partial charge in [0.05, 0.1) is 5.71 Å². The summed E-state index contributed by atoms with van der Waals surface area (Å²) in [5, 5.41) is 4.72. The van der Waals surface area contributed by atoms with Crippen LogP contribution in [0.5, 0.6) is 0 Å². The summed E-state index contributed by atoms with van der Waals surface area (Å²) < 4.78 is 0. The average Bonchev–Trinajstić information content (AvgIpc) is 2.41. The van der Waals surface area contributed by atoms with Crippen LogP contribution in [-0.2, 0) is 4.84 Å². The van der Waals surface area contributed by atoms with Gasteiger partial charge in [-0.15, -0.1) is 0 Å². The maximum atomic E-state index is 5.07. The Kier molecular flexibility index (Phi) is 1.83. The number of oxime groups is 1. The van der Waals surface area contributed by atoms with E-state index in [1.54, 1.807) is 0 Å². The van der Waals surface area contributed by atoms with Gasteiger partial charge in [0.1, 0.15) is 6.61 Å². The summed E-state index contributed by atoms with van der Waals surface area (Å²) in [5.41, 5.74) is 1.31. The molecule has 2 atom stereocenters. The molecular formula is C8H13NOS. The summed E-state index contributed by atoms with van der Waals surface area (Å²) in [7, 11) is 0. The molecule has 11 heavy (non-hydrogen) atoms. The molecule has 2 aliphatic rings. The highest BCUT2D eigenvalue weighted by Gasteiger charge is 2.38. The van der Waals surface area contributed by atoms with Crippen molar-refractivity contribution in [2.24, 2.45) is 17.0 Å². The van der Waals surface area contributed by atoms with E-state index in [2.05, 4.69) is 19.0 Å². The molecule has 3 heteroatoms. The Labute approximate surface area is 71.4 Å². The molecule has 0 amide bonds. The summed E-state index contributed by atoms with van der Waals surface area (Å²) >= 11 is 2.03. The lowest BCUT2D eigenvalue weighted by Gasteiger charge is -2.11. The molecule has 2 rings (SSSR count). The van der Waals surface area contributed by atoms with E-state index in [4.69, 9.17) is 4.84 Å². The van der Waals surface area contributed by atoms with Crippen molar-refractivity contribution in [2.45, 2.75) is 19.1 Å². The number of rotatable bonds is 1. The molecule has 0 unspecified atom stereocenters. The molecule has 62 valence electrons. The number of nitrogens with zero attached hydrogens (tertiary/aromatic N) is 1. The Hall–Kier alpha value is -0.180. The van der Waals surface area contributed by atoms with E-state index >= 15 is 0 Å². The summed E-state index contributed by atoms with van der Waals surface area (Å²) in [5.74, 6) is 2.54. The van der Waals surface area contributed by atoms with Crippen molar-refractivity contribution in [1.29, 1.82) is 0 Å². The van der Waals surface area contributed by atoms with Crippen LogP contribution in [0.3, 0.4) is 0 Å². The predicted octanol–water partition coefficient (Wildman–Crippen LogP) is 1.76. The van der Waals surface area contributed by atoms with E-state index in [0.29, 0.717) is 17.1 Å². The third-order valence-corrected chi connectivity index (χ3v) is 3.98. The van der Waals surface area contributed by atoms with E-state index in [9.17, 15) is 0 Å². The molecule has 0 aliphatic carbocycles. The van der Waals surface area contributed by atoms with Crippen LogP contribution in [0, 0.1) is 11.8 Å². The van der Waals surface area contributed by atoms with Gasteiger partial charge in [-0.05, 0) is 5.92 Å². The van der Waals surface area contributed by atoms with Crippen LogP contribution < -0.4 is 0 Å². The van der Waals surface area contributed by atoms with E-state index in [1.165, 1.54) is 11.5 Å². The Morgan fingerprint density at radius 2 is 2.45 bits per heavy atom. The monoisotopic (exact) mass is 171 g/mol. The zero-order valence-corrected chi connectivity index (χ0v) is 7.73. The second-order valence-corrected chi connectivity index (χ2v) is 4.68. The van der Waals surface area contributed by atoms with Crippen LogP contribution in [0.4, 0.5) is 0 Å². The molecule has 0 radical (unpaired) electrons. The molecule has 2 nitrogen and oxygen atoms in total. The van der Waals surface area contributed by atoms with Gasteiger partial charge in [0, 0.05) is 16.9 Å². The molecule has 2 heterocycles. The van der Waals surface area contributed by atoms with Gasteiger partial charge in [0.15, 0.2) is 0 Å². The maximum absolute atomic E-state index is 5.07. The largest absolute Gasteiger partial charge is 0.395 e. The third-order valence-electron chi connectivity index (χ3n) is 2.24. The van der Waals surface area contributed by atoms with Gasteiger partial charge < -0.3 is 4.84 Å². The summed E-state index contributed by atoms with van der Waals surface area (Å²) in [6.45, 7) is 5.33. The van der Waals surface area contributed by atoms with Gasteiger partial charge in [-0.25, -0.2) is 0 Å². The van der Waals surface area contributed by atoms with Crippen molar-refractivity contribution >= 4 is 17.5 Å².